The van der Waals surface area contributed by atoms with E-state index in [4.69, 9.17) is 0 Å². The molecule has 4 heterocycles. The predicted octanol–water partition coefficient (Wildman–Crippen LogP) is 5.26. The van der Waals surface area contributed by atoms with Crippen LogP contribution in [-0.4, -0.2) is 62.6 Å². The minimum Gasteiger partial charge on any atom is -0.349 e. The van der Waals surface area contributed by atoms with Gasteiger partial charge in [-0.05, 0) is 75.5 Å². The van der Waals surface area contributed by atoms with Gasteiger partial charge in [-0.3, -0.25) is 14.4 Å². The molecule has 0 radical (unpaired) electrons. The second-order valence-corrected chi connectivity index (χ2v) is 11.6. The van der Waals surface area contributed by atoms with Crippen molar-refractivity contribution in [1.29, 1.82) is 5.26 Å². The van der Waals surface area contributed by atoms with E-state index in [0.29, 0.717) is 42.0 Å². The Morgan fingerprint density at radius 3 is 2.50 bits per heavy atom. The number of pyridine rings is 1. The number of rotatable bonds is 6. The number of fused-ring (bicyclic) bond motifs is 1. The van der Waals surface area contributed by atoms with Gasteiger partial charge in [-0.1, -0.05) is 25.5 Å². The quantitative estimate of drug-likeness (QED) is 0.393. The first-order valence-electron chi connectivity index (χ1n) is 14.7. The lowest BCUT2D eigenvalue weighted by Gasteiger charge is -2.48. The number of hydrogen-bond acceptors (Lipinski definition) is 7. The molecule has 5 rings (SSSR count). The van der Waals surface area contributed by atoms with E-state index in [1.54, 1.807) is 31.3 Å². The summed E-state index contributed by atoms with van der Waals surface area (Å²) < 4.78 is 43.4. The molecule has 2 aromatic heterocycles. The minimum absolute atomic E-state index is 0.0593. The van der Waals surface area contributed by atoms with Crippen molar-refractivity contribution in [2.45, 2.75) is 77.3 Å². The summed E-state index contributed by atoms with van der Waals surface area (Å²) in [5, 5.41) is 9.44. The molecular weight excluding hydrogens is 543 g/mol. The topological polar surface area (TPSA) is 81.3 Å². The molecule has 0 amide bonds. The first kappa shape index (κ1) is 30.0. The Hall–Kier alpha value is -3.49. The number of aromatic nitrogens is 3. The summed E-state index contributed by atoms with van der Waals surface area (Å²) in [5.41, 5.74) is 1.61. The van der Waals surface area contributed by atoms with Gasteiger partial charge in [-0.15, -0.1) is 0 Å². The summed E-state index contributed by atoms with van der Waals surface area (Å²) in [4.78, 5) is 28.2. The molecule has 0 aliphatic carbocycles. The molecule has 2 saturated heterocycles. The fraction of sp³-hybridized carbons (Fsp3) is 0.548. The third-order valence-electron chi connectivity index (χ3n) is 8.93. The Kier molecular flexibility index (Phi) is 8.58. The SMILES string of the molecule is CC[C@@H]1CN(c2nc(=O)n(C)c3ccc(C#N)nc23)[C@@H](C)CN1C(C)c1ccc(C(F)(F)F)c(CN2CCCCC2)c1. The van der Waals surface area contributed by atoms with Gasteiger partial charge < -0.3 is 4.90 Å². The summed E-state index contributed by atoms with van der Waals surface area (Å²) in [5.74, 6) is 0.460. The zero-order valence-corrected chi connectivity index (χ0v) is 24.7. The Bertz CT molecular complexity index is 1540. The molecule has 3 atom stereocenters. The lowest BCUT2D eigenvalue weighted by atomic mass is 9.95. The maximum absolute atomic E-state index is 14.0. The summed E-state index contributed by atoms with van der Waals surface area (Å²) in [6.45, 7) is 9.35. The number of nitrogens with zero attached hydrogens (tertiary/aromatic N) is 7. The first-order chi connectivity index (χ1) is 20.0. The molecule has 42 heavy (non-hydrogen) atoms. The number of likely N-dealkylation sites (tertiary alicyclic amines) is 1. The third-order valence-corrected chi connectivity index (χ3v) is 8.93. The summed E-state index contributed by atoms with van der Waals surface area (Å²) in [6.07, 6.45) is -0.443. The van der Waals surface area contributed by atoms with Gasteiger partial charge in [0.2, 0.25) is 0 Å². The third kappa shape index (κ3) is 5.88. The number of piperidine rings is 1. The lowest BCUT2D eigenvalue weighted by Crippen LogP contribution is -2.58. The molecule has 1 aromatic carbocycles. The van der Waals surface area contributed by atoms with Crippen LogP contribution in [0.1, 0.15) is 74.9 Å². The van der Waals surface area contributed by atoms with Crippen LogP contribution in [0.2, 0.25) is 0 Å². The number of hydrogen-bond donors (Lipinski definition) is 0. The molecule has 11 heteroatoms. The zero-order chi connectivity index (χ0) is 30.2. The van der Waals surface area contributed by atoms with Gasteiger partial charge in [-0.2, -0.15) is 23.4 Å². The number of halogens is 3. The molecule has 224 valence electrons. The summed E-state index contributed by atoms with van der Waals surface area (Å²) >= 11 is 0. The Morgan fingerprint density at radius 2 is 1.83 bits per heavy atom. The largest absolute Gasteiger partial charge is 0.416 e. The van der Waals surface area contributed by atoms with Crippen LogP contribution in [0.5, 0.6) is 0 Å². The van der Waals surface area contributed by atoms with Crippen molar-refractivity contribution in [3.05, 3.63) is 63.2 Å². The van der Waals surface area contributed by atoms with Crippen molar-refractivity contribution in [2.75, 3.05) is 31.1 Å². The van der Waals surface area contributed by atoms with E-state index < -0.39 is 17.4 Å². The second-order valence-electron chi connectivity index (χ2n) is 11.6. The van der Waals surface area contributed by atoms with E-state index in [1.165, 1.54) is 10.6 Å². The van der Waals surface area contributed by atoms with Crippen LogP contribution in [-0.2, 0) is 19.8 Å². The van der Waals surface area contributed by atoms with Gasteiger partial charge in [0, 0.05) is 44.8 Å². The van der Waals surface area contributed by atoms with Crippen LogP contribution in [0.15, 0.2) is 35.1 Å². The number of piperazine rings is 1. The zero-order valence-electron chi connectivity index (χ0n) is 24.7. The normalized spacial score (nSPS) is 21.4. The van der Waals surface area contributed by atoms with Gasteiger partial charge in [0.15, 0.2) is 5.82 Å². The number of aryl methyl sites for hydroxylation is 1. The van der Waals surface area contributed by atoms with E-state index in [2.05, 4.69) is 51.5 Å². The van der Waals surface area contributed by atoms with Crippen molar-refractivity contribution >= 4 is 16.9 Å². The fourth-order valence-corrected chi connectivity index (χ4v) is 6.50. The molecule has 3 aromatic rings. The summed E-state index contributed by atoms with van der Waals surface area (Å²) in [7, 11) is 1.64. The molecule has 8 nitrogen and oxygen atoms in total. The molecule has 2 aliphatic rings. The van der Waals surface area contributed by atoms with Crippen LogP contribution < -0.4 is 10.6 Å². The highest BCUT2D eigenvalue weighted by Crippen LogP contribution is 2.37. The number of nitriles is 1. The van der Waals surface area contributed by atoms with Crippen LogP contribution in [0.25, 0.3) is 11.0 Å². The van der Waals surface area contributed by atoms with Gasteiger partial charge in [-0.25, -0.2) is 9.78 Å². The number of anilines is 1. The average Bonchev–Trinajstić information content (AvgIpc) is 2.98. The van der Waals surface area contributed by atoms with Crippen molar-refractivity contribution in [1.82, 2.24) is 24.3 Å². The number of alkyl halides is 3. The molecule has 0 N–H and O–H groups in total. The Labute approximate surface area is 244 Å². The maximum atomic E-state index is 14.0. The average molecular weight is 582 g/mol. The van der Waals surface area contributed by atoms with Crippen LogP contribution in [0.3, 0.4) is 0 Å². The first-order valence-corrected chi connectivity index (χ1v) is 14.7. The minimum atomic E-state index is -4.40. The molecule has 0 spiro atoms. The predicted molar refractivity (Wildman–Crippen MR) is 156 cm³/mol. The monoisotopic (exact) mass is 581 g/mol. The van der Waals surface area contributed by atoms with Crippen molar-refractivity contribution in [3.8, 4) is 6.07 Å². The van der Waals surface area contributed by atoms with Gasteiger partial charge in [0.05, 0.1) is 11.1 Å². The molecular formula is C31H38F3N7O. The van der Waals surface area contributed by atoms with Gasteiger partial charge in [0.1, 0.15) is 17.3 Å². The molecule has 2 fully saturated rings. The fourth-order valence-electron chi connectivity index (χ4n) is 6.50. The van der Waals surface area contributed by atoms with E-state index >= 15 is 0 Å². The van der Waals surface area contributed by atoms with Gasteiger partial charge in [0.25, 0.3) is 0 Å². The standard InChI is InChI=1S/C31H38F3N7O/c1-5-25-19-40(29-28-27(38(4)30(42)37-29)12-10-24(16-35)36-28)20(2)17-41(25)21(3)22-9-11-26(31(32,33)34)23(15-22)18-39-13-7-6-8-14-39/h9-12,15,20-21,25H,5-8,13-14,17-19H2,1-4H3/t20-,21?,25+/m0/s1. The highest BCUT2D eigenvalue weighted by atomic mass is 19.4. The van der Waals surface area contributed by atoms with E-state index in [-0.39, 0.29) is 23.8 Å². The van der Waals surface area contributed by atoms with Gasteiger partial charge >= 0.3 is 11.9 Å². The second kappa shape index (κ2) is 12.0. The van der Waals surface area contributed by atoms with Crippen LogP contribution in [0, 0.1) is 11.3 Å². The lowest BCUT2D eigenvalue weighted by molar-refractivity contribution is -0.138. The highest BCUT2D eigenvalue weighted by molar-refractivity contribution is 5.86. The van der Waals surface area contributed by atoms with E-state index in [0.717, 1.165) is 44.3 Å². The summed E-state index contributed by atoms with van der Waals surface area (Å²) in [6, 6.07) is 9.90. The smallest absolute Gasteiger partial charge is 0.349 e. The molecule has 0 saturated carbocycles. The van der Waals surface area contributed by atoms with Crippen LogP contribution >= 0.6 is 0 Å². The van der Waals surface area contributed by atoms with Crippen LogP contribution in [0.4, 0.5) is 19.0 Å². The maximum Gasteiger partial charge on any atom is 0.416 e. The Morgan fingerprint density at radius 1 is 1.10 bits per heavy atom. The van der Waals surface area contributed by atoms with Crippen molar-refractivity contribution < 1.29 is 13.2 Å². The van der Waals surface area contributed by atoms with E-state index in [1.807, 2.05) is 0 Å². The van der Waals surface area contributed by atoms with E-state index in [9.17, 15) is 23.2 Å². The molecule has 1 unspecified atom stereocenters. The highest BCUT2D eigenvalue weighted by Gasteiger charge is 2.37. The van der Waals surface area contributed by atoms with Crippen molar-refractivity contribution in [2.24, 2.45) is 7.05 Å². The Balaban J connectivity index is 1.45. The van der Waals surface area contributed by atoms with Crippen molar-refractivity contribution in [3.63, 3.8) is 0 Å². The molecule has 0 bridgehead atoms. The molecule has 2 aliphatic heterocycles. The number of benzene rings is 1.